The van der Waals surface area contributed by atoms with Gasteiger partial charge < -0.3 is 15.5 Å². The summed E-state index contributed by atoms with van der Waals surface area (Å²) in [5.74, 6) is 0.0401. The number of urea groups is 1. The minimum absolute atomic E-state index is 0.0130. The molecule has 2 aromatic rings. The van der Waals surface area contributed by atoms with Gasteiger partial charge in [0.15, 0.2) is 5.82 Å². The van der Waals surface area contributed by atoms with Gasteiger partial charge in [-0.2, -0.15) is 5.10 Å². The molecule has 2 aliphatic rings. The zero-order valence-corrected chi connectivity index (χ0v) is 18.8. The van der Waals surface area contributed by atoms with Crippen LogP contribution in [0.15, 0.2) is 12.1 Å². The number of hydrogen-bond donors (Lipinski definition) is 3. The van der Waals surface area contributed by atoms with E-state index in [1.165, 1.54) is 0 Å². The number of halogens is 1. The molecule has 1 aliphatic heterocycles. The van der Waals surface area contributed by atoms with Gasteiger partial charge in [-0.1, -0.05) is 39.3 Å². The quantitative estimate of drug-likeness (QED) is 0.653. The Morgan fingerprint density at radius 3 is 2.42 bits per heavy atom. The Labute approximate surface area is 181 Å². The number of nitrogens with zero attached hydrogens (tertiary/aromatic N) is 2. The van der Waals surface area contributed by atoms with Crippen molar-refractivity contribution < 1.29 is 14.0 Å². The SMILES string of the molecule is Cc1ccc(C)c(NC(=O)N2Cc3[nH]nc(NC(=O)C4(C(C)(C)C)CCC4)c3C2)c1F. The summed E-state index contributed by atoms with van der Waals surface area (Å²) in [4.78, 5) is 27.5. The second-order valence-corrected chi connectivity index (χ2v) is 9.84. The molecule has 7 nitrogen and oxygen atoms in total. The maximum atomic E-state index is 14.5. The Kier molecular flexibility index (Phi) is 5.06. The van der Waals surface area contributed by atoms with E-state index in [-0.39, 0.29) is 23.0 Å². The Morgan fingerprint density at radius 2 is 1.81 bits per heavy atom. The number of rotatable bonds is 3. The van der Waals surface area contributed by atoms with E-state index in [0.29, 0.717) is 30.0 Å². The number of anilines is 2. The van der Waals surface area contributed by atoms with E-state index in [2.05, 4.69) is 41.6 Å². The zero-order valence-electron chi connectivity index (χ0n) is 18.8. The number of benzene rings is 1. The molecule has 0 radical (unpaired) electrons. The lowest BCUT2D eigenvalue weighted by Crippen LogP contribution is -2.51. The molecule has 1 saturated carbocycles. The summed E-state index contributed by atoms with van der Waals surface area (Å²) in [6, 6.07) is 3.08. The van der Waals surface area contributed by atoms with Crippen molar-refractivity contribution in [3.63, 3.8) is 0 Å². The lowest BCUT2D eigenvalue weighted by Gasteiger charge is -2.49. The summed E-state index contributed by atoms with van der Waals surface area (Å²) in [5, 5.41) is 12.9. The summed E-state index contributed by atoms with van der Waals surface area (Å²) < 4.78 is 14.5. The molecular weight excluding hydrogens is 397 g/mol. The van der Waals surface area contributed by atoms with Crippen LogP contribution in [0, 0.1) is 30.5 Å². The van der Waals surface area contributed by atoms with Crippen LogP contribution in [-0.4, -0.2) is 27.0 Å². The Morgan fingerprint density at radius 1 is 1.13 bits per heavy atom. The number of aromatic nitrogens is 2. The topological polar surface area (TPSA) is 90.1 Å². The number of fused-ring (bicyclic) bond motifs is 1. The number of carbonyl (C=O) groups is 2. The van der Waals surface area contributed by atoms with Gasteiger partial charge in [0.25, 0.3) is 0 Å². The molecule has 8 heteroatoms. The molecule has 0 spiro atoms. The van der Waals surface area contributed by atoms with Crippen LogP contribution in [-0.2, 0) is 17.9 Å². The first-order valence-electron chi connectivity index (χ1n) is 10.7. The minimum Gasteiger partial charge on any atom is -0.314 e. The van der Waals surface area contributed by atoms with Crippen molar-refractivity contribution >= 4 is 23.4 Å². The fourth-order valence-electron chi connectivity index (χ4n) is 4.58. The maximum absolute atomic E-state index is 14.5. The van der Waals surface area contributed by atoms with E-state index in [0.717, 1.165) is 30.5 Å². The van der Waals surface area contributed by atoms with Crippen LogP contribution < -0.4 is 10.6 Å². The van der Waals surface area contributed by atoms with Gasteiger partial charge in [-0.25, -0.2) is 9.18 Å². The molecule has 0 saturated heterocycles. The van der Waals surface area contributed by atoms with Crippen LogP contribution in [0.25, 0.3) is 0 Å². The van der Waals surface area contributed by atoms with Gasteiger partial charge in [0.05, 0.1) is 29.9 Å². The standard InChI is InChI=1S/C23H30FN5O2/c1-13-7-8-14(2)18(17(13)24)25-21(31)29-11-15-16(12-29)27-28-19(15)26-20(30)23(9-6-10-23)22(3,4)5/h7-8H,6,9-12H2,1-5H3,(H,25,31)(H2,26,27,28,30). The molecule has 4 rings (SSSR count). The van der Waals surface area contributed by atoms with Gasteiger partial charge in [-0.05, 0) is 43.2 Å². The van der Waals surface area contributed by atoms with Crippen molar-refractivity contribution in [3.05, 3.63) is 40.3 Å². The largest absolute Gasteiger partial charge is 0.322 e. The third-order valence-electron chi connectivity index (χ3n) is 7.02. The number of aromatic amines is 1. The predicted molar refractivity (Wildman–Crippen MR) is 117 cm³/mol. The van der Waals surface area contributed by atoms with E-state index in [4.69, 9.17) is 0 Å². The smallest absolute Gasteiger partial charge is 0.314 e. The molecule has 3 amide bonds. The van der Waals surface area contributed by atoms with Crippen molar-refractivity contribution in [2.75, 3.05) is 10.6 Å². The summed E-state index contributed by atoms with van der Waals surface area (Å²) >= 11 is 0. The number of amides is 3. The molecule has 1 aliphatic carbocycles. The van der Waals surface area contributed by atoms with Gasteiger partial charge in [-0.15, -0.1) is 0 Å². The third-order valence-corrected chi connectivity index (χ3v) is 7.02. The van der Waals surface area contributed by atoms with Gasteiger partial charge in [0, 0.05) is 5.56 Å². The lowest BCUT2D eigenvalue weighted by atomic mass is 9.54. The van der Waals surface area contributed by atoms with E-state index < -0.39 is 11.2 Å². The molecular formula is C23H30FN5O2. The van der Waals surface area contributed by atoms with Crippen molar-refractivity contribution in [2.24, 2.45) is 10.8 Å². The van der Waals surface area contributed by atoms with Crippen LogP contribution in [0.1, 0.15) is 62.4 Å². The van der Waals surface area contributed by atoms with E-state index >= 15 is 0 Å². The van der Waals surface area contributed by atoms with Crippen molar-refractivity contribution in [1.82, 2.24) is 15.1 Å². The lowest BCUT2D eigenvalue weighted by molar-refractivity contribution is -0.139. The normalized spacial score (nSPS) is 17.2. The minimum atomic E-state index is -0.423. The number of carbonyl (C=O) groups excluding carboxylic acids is 2. The van der Waals surface area contributed by atoms with E-state index in [1.54, 1.807) is 30.9 Å². The van der Waals surface area contributed by atoms with Crippen molar-refractivity contribution in [2.45, 2.75) is 67.0 Å². The number of aryl methyl sites for hydroxylation is 2. The number of nitrogens with one attached hydrogen (secondary N) is 3. The highest BCUT2D eigenvalue weighted by Crippen LogP contribution is 2.54. The van der Waals surface area contributed by atoms with Gasteiger partial charge in [0.1, 0.15) is 5.82 Å². The van der Waals surface area contributed by atoms with Crippen LogP contribution in [0.4, 0.5) is 20.7 Å². The third kappa shape index (κ3) is 3.47. The number of H-pyrrole nitrogens is 1. The molecule has 31 heavy (non-hydrogen) atoms. The highest BCUT2D eigenvalue weighted by Gasteiger charge is 2.52. The summed E-state index contributed by atoms with van der Waals surface area (Å²) in [6.07, 6.45) is 2.78. The first-order chi connectivity index (χ1) is 14.5. The van der Waals surface area contributed by atoms with Gasteiger partial charge in [-0.3, -0.25) is 9.89 Å². The summed E-state index contributed by atoms with van der Waals surface area (Å²) in [6.45, 7) is 10.3. The molecule has 1 aromatic heterocycles. The van der Waals surface area contributed by atoms with E-state index in [1.807, 2.05) is 0 Å². The van der Waals surface area contributed by atoms with Crippen LogP contribution >= 0.6 is 0 Å². The highest BCUT2D eigenvalue weighted by atomic mass is 19.1. The molecule has 0 atom stereocenters. The molecule has 3 N–H and O–H groups in total. The maximum Gasteiger partial charge on any atom is 0.322 e. The van der Waals surface area contributed by atoms with Gasteiger partial charge in [0.2, 0.25) is 5.91 Å². The van der Waals surface area contributed by atoms with E-state index in [9.17, 15) is 14.0 Å². The molecule has 2 heterocycles. The predicted octanol–water partition coefficient (Wildman–Crippen LogP) is 4.87. The second kappa shape index (κ2) is 7.35. The van der Waals surface area contributed by atoms with Crippen molar-refractivity contribution in [3.8, 4) is 0 Å². The van der Waals surface area contributed by atoms with Crippen molar-refractivity contribution in [1.29, 1.82) is 0 Å². The van der Waals surface area contributed by atoms with Gasteiger partial charge >= 0.3 is 6.03 Å². The molecule has 1 aromatic carbocycles. The van der Waals surface area contributed by atoms with Crippen LogP contribution in [0.5, 0.6) is 0 Å². The second-order valence-electron chi connectivity index (χ2n) is 9.84. The fraction of sp³-hybridized carbons (Fsp3) is 0.522. The Hall–Kier alpha value is -2.90. The molecule has 0 unspecified atom stereocenters. The summed E-state index contributed by atoms with van der Waals surface area (Å²) in [7, 11) is 0. The Bertz CT molecular complexity index is 1050. The van der Waals surface area contributed by atoms with Crippen LogP contribution in [0.3, 0.4) is 0 Å². The Balaban J connectivity index is 1.47. The first kappa shape index (κ1) is 21.3. The monoisotopic (exact) mass is 427 g/mol. The first-order valence-corrected chi connectivity index (χ1v) is 10.7. The van der Waals surface area contributed by atoms with Crippen LogP contribution in [0.2, 0.25) is 0 Å². The molecule has 166 valence electrons. The summed E-state index contributed by atoms with van der Waals surface area (Å²) in [5.41, 5.74) is 2.38. The zero-order chi connectivity index (χ0) is 22.6. The fourth-order valence-corrected chi connectivity index (χ4v) is 4.58. The molecule has 0 bridgehead atoms. The molecule has 1 fully saturated rings. The number of hydrogen-bond acceptors (Lipinski definition) is 3. The average Bonchev–Trinajstić information content (AvgIpc) is 3.21. The highest BCUT2D eigenvalue weighted by molar-refractivity contribution is 5.97. The average molecular weight is 428 g/mol.